The van der Waals surface area contributed by atoms with Gasteiger partial charge in [-0.1, -0.05) is 77.1 Å². The zero-order valence-electron chi connectivity index (χ0n) is 16.3. The van der Waals surface area contributed by atoms with Crippen molar-refractivity contribution in [3.05, 3.63) is 65.7 Å². The lowest BCUT2D eigenvalue weighted by Crippen LogP contribution is -2.36. The van der Waals surface area contributed by atoms with E-state index in [-0.39, 0.29) is 11.7 Å². The number of hydrogen-bond donors (Lipinski definition) is 0. The molecule has 0 N–H and O–H groups in total. The van der Waals surface area contributed by atoms with E-state index >= 15 is 0 Å². The molecule has 0 radical (unpaired) electrons. The van der Waals surface area contributed by atoms with Crippen molar-refractivity contribution in [3.63, 3.8) is 0 Å². The summed E-state index contributed by atoms with van der Waals surface area (Å²) in [7, 11) is 0. The number of hydrogen-bond acceptors (Lipinski definition) is 2. The van der Waals surface area contributed by atoms with Crippen molar-refractivity contribution in [1.29, 1.82) is 0 Å². The summed E-state index contributed by atoms with van der Waals surface area (Å²) >= 11 is 0. The minimum Gasteiger partial charge on any atom is -0.464 e. The van der Waals surface area contributed by atoms with E-state index in [9.17, 15) is 0 Å². The smallest absolute Gasteiger partial charge is 0.205 e. The molecule has 0 saturated carbocycles. The Morgan fingerprint density at radius 3 is 2.12 bits per heavy atom. The van der Waals surface area contributed by atoms with E-state index in [0.29, 0.717) is 12.5 Å². The first-order valence-electron chi connectivity index (χ1n) is 9.38. The second kappa shape index (κ2) is 9.05. The van der Waals surface area contributed by atoms with E-state index < -0.39 is 0 Å². The summed E-state index contributed by atoms with van der Waals surface area (Å²) in [6.45, 7) is 11.6. The Hall–Kier alpha value is -1.80. The summed E-state index contributed by atoms with van der Waals surface area (Å²) in [4.78, 5) is 0. The molecule has 0 bridgehead atoms. The molecular formula is C23H32O2. The highest BCUT2D eigenvalue weighted by molar-refractivity contribution is 5.29. The molecule has 2 nitrogen and oxygen atoms in total. The highest BCUT2D eigenvalue weighted by Crippen LogP contribution is 2.31. The number of benzene rings is 2. The monoisotopic (exact) mass is 340 g/mol. The first-order valence-corrected chi connectivity index (χ1v) is 9.38. The second-order valence-corrected chi connectivity index (χ2v) is 7.47. The molecule has 0 aliphatic carbocycles. The molecule has 2 aromatic carbocycles. The predicted octanol–water partition coefficient (Wildman–Crippen LogP) is 6.56. The summed E-state index contributed by atoms with van der Waals surface area (Å²) < 4.78 is 12.4. The van der Waals surface area contributed by atoms with E-state index in [1.54, 1.807) is 0 Å². The first-order chi connectivity index (χ1) is 12.0. The quantitative estimate of drug-likeness (QED) is 0.481. The molecule has 2 rings (SSSR count). The van der Waals surface area contributed by atoms with Gasteiger partial charge in [0.05, 0.1) is 6.61 Å². The van der Waals surface area contributed by atoms with E-state index in [4.69, 9.17) is 9.47 Å². The van der Waals surface area contributed by atoms with Gasteiger partial charge < -0.3 is 9.47 Å². The summed E-state index contributed by atoms with van der Waals surface area (Å²) in [6.07, 6.45) is 1.84. The second-order valence-electron chi connectivity index (χ2n) is 7.47. The van der Waals surface area contributed by atoms with Crippen LogP contribution in [0.15, 0.2) is 54.6 Å². The minimum absolute atomic E-state index is 0.0653. The summed E-state index contributed by atoms with van der Waals surface area (Å²) in [5.74, 6) is 1.44. The largest absolute Gasteiger partial charge is 0.464 e. The van der Waals surface area contributed by atoms with Crippen LogP contribution in [0.4, 0.5) is 0 Å². The molecule has 0 aliphatic heterocycles. The van der Waals surface area contributed by atoms with Gasteiger partial charge in [-0.3, -0.25) is 0 Å². The van der Waals surface area contributed by atoms with Crippen LogP contribution in [0.25, 0.3) is 0 Å². The highest BCUT2D eigenvalue weighted by Gasteiger charge is 2.30. The molecule has 0 saturated heterocycles. The molecule has 2 aromatic rings. The lowest BCUT2D eigenvalue weighted by atomic mass is 9.89. The molecule has 25 heavy (non-hydrogen) atoms. The maximum atomic E-state index is 6.24. The zero-order chi connectivity index (χ0) is 18.3. The lowest BCUT2D eigenvalue weighted by molar-refractivity contribution is -0.155. The minimum atomic E-state index is -0.285. The van der Waals surface area contributed by atoms with Crippen molar-refractivity contribution in [2.75, 3.05) is 0 Å². The molecule has 0 heterocycles. The predicted molar refractivity (Wildman–Crippen MR) is 105 cm³/mol. The third-order valence-electron chi connectivity index (χ3n) is 5.10. The van der Waals surface area contributed by atoms with E-state index in [1.165, 1.54) is 5.56 Å². The number of rotatable bonds is 9. The van der Waals surface area contributed by atoms with Crippen molar-refractivity contribution < 1.29 is 9.47 Å². The van der Waals surface area contributed by atoms with Gasteiger partial charge >= 0.3 is 0 Å². The van der Waals surface area contributed by atoms with Crippen molar-refractivity contribution >= 4 is 0 Å². The lowest BCUT2D eigenvalue weighted by Gasteiger charge is -2.33. The molecule has 2 atom stereocenters. The summed E-state index contributed by atoms with van der Waals surface area (Å²) in [5, 5.41) is 0. The average molecular weight is 341 g/mol. The topological polar surface area (TPSA) is 18.5 Å². The van der Waals surface area contributed by atoms with Gasteiger partial charge in [0, 0.05) is 5.41 Å². The number of ether oxygens (including phenoxy) is 2. The molecule has 136 valence electrons. The van der Waals surface area contributed by atoms with Crippen LogP contribution in [0, 0.1) is 5.41 Å². The molecule has 0 aromatic heterocycles. The fraction of sp³-hybridized carbons (Fsp3) is 0.478. The van der Waals surface area contributed by atoms with E-state index in [0.717, 1.165) is 24.2 Å². The zero-order valence-corrected chi connectivity index (χ0v) is 16.3. The fourth-order valence-electron chi connectivity index (χ4n) is 2.57. The van der Waals surface area contributed by atoms with Gasteiger partial charge in [0.25, 0.3) is 0 Å². The molecule has 0 aliphatic rings. The van der Waals surface area contributed by atoms with Crippen LogP contribution >= 0.6 is 0 Å². The first kappa shape index (κ1) is 19.5. The Kier molecular flexibility index (Phi) is 7.07. The average Bonchev–Trinajstić information content (AvgIpc) is 2.65. The fourth-order valence-corrected chi connectivity index (χ4v) is 2.57. The van der Waals surface area contributed by atoms with Crippen LogP contribution in [0.1, 0.15) is 64.5 Å². The molecule has 2 heteroatoms. The van der Waals surface area contributed by atoms with Crippen molar-refractivity contribution in [1.82, 2.24) is 0 Å². The normalized spacial score (nSPS) is 14.1. The van der Waals surface area contributed by atoms with Gasteiger partial charge in [-0.2, -0.15) is 0 Å². The van der Waals surface area contributed by atoms with E-state index in [1.807, 2.05) is 18.2 Å². The summed E-state index contributed by atoms with van der Waals surface area (Å²) in [5.41, 5.74) is 2.45. The Morgan fingerprint density at radius 1 is 0.920 bits per heavy atom. The van der Waals surface area contributed by atoms with Gasteiger partial charge in [-0.15, -0.1) is 0 Å². The Labute approximate surface area is 153 Å². The summed E-state index contributed by atoms with van der Waals surface area (Å²) in [6, 6.07) is 18.7. The van der Waals surface area contributed by atoms with E-state index in [2.05, 4.69) is 71.0 Å². The maximum Gasteiger partial charge on any atom is 0.205 e. The van der Waals surface area contributed by atoms with Gasteiger partial charge in [0.15, 0.2) is 0 Å². The van der Waals surface area contributed by atoms with Crippen molar-refractivity contribution in [3.8, 4) is 5.75 Å². The molecular weight excluding hydrogens is 308 g/mol. The maximum absolute atomic E-state index is 6.24. The van der Waals surface area contributed by atoms with Crippen molar-refractivity contribution in [2.45, 2.75) is 66.3 Å². The van der Waals surface area contributed by atoms with Crippen LogP contribution in [-0.4, -0.2) is 6.29 Å². The van der Waals surface area contributed by atoms with Crippen LogP contribution in [-0.2, 0) is 11.3 Å². The van der Waals surface area contributed by atoms with Crippen LogP contribution in [0.3, 0.4) is 0 Å². The van der Waals surface area contributed by atoms with Gasteiger partial charge in [-0.25, -0.2) is 0 Å². The Balaban J connectivity index is 2.08. The Bertz CT molecular complexity index is 616. The van der Waals surface area contributed by atoms with Crippen molar-refractivity contribution in [2.24, 2.45) is 5.41 Å². The van der Waals surface area contributed by atoms with Crippen LogP contribution in [0.2, 0.25) is 0 Å². The molecule has 0 spiro atoms. The third kappa shape index (κ3) is 5.61. The van der Waals surface area contributed by atoms with Gasteiger partial charge in [-0.05, 0) is 42.0 Å². The van der Waals surface area contributed by atoms with Gasteiger partial charge in [0.1, 0.15) is 5.75 Å². The van der Waals surface area contributed by atoms with Gasteiger partial charge in [0.2, 0.25) is 6.29 Å². The standard InChI is InChI=1S/C23H32O2/c1-6-18(3)20-13-15-21(16-14-20)25-22(23(4,5)7-2)24-17-19-11-9-8-10-12-19/h8-16,18,22H,6-7,17H2,1-5H3. The molecule has 0 fully saturated rings. The van der Waals surface area contributed by atoms with Crippen LogP contribution < -0.4 is 4.74 Å². The highest BCUT2D eigenvalue weighted by atomic mass is 16.7. The Morgan fingerprint density at radius 2 is 1.56 bits per heavy atom. The molecule has 2 unspecified atom stereocenters. The SMILES string of the molecule is CCC(C)c1ccc(OC(OCc2ccccc2)C(C)(C)CC)cc1. The third-order valence-corrected chi connectivity index (χ3v) is 5.10. The van der Waals surface area contributed by atoms with Crippen LogP contribution in [0.5, 0.6) is 5.75 Å². The molecule has 0 amide bonds.